The zero-order valence-corrected chi connectivity index (χ0v) is 14.5. The summed E-state index contributed by atoms with van der Waals surface area (Å²) in [4.78, 5) is 21.9. The fourth-order valence-electron chi connectivity index (χ4n) is 1.82. The highest BCUT2D eigenvalue weighted by atomic mass is 35.5. The molecule has 2 rings (SSSR count). The second-order valence-corrected chi connectivity index (χ2v) is 5.78. The van der Waals surface area contributed by atoms with Crippen LogP contribution < -0.4 is 10.2 Å². The number of halogens is 2. The highest BCUT2D eigenvalue weighted by Crippen LogP contribution is 2.24. The third kappa shape index (κ3) is 5.44. The van der Waals surface area contributed by atoms with Crippen LogP contribution in [0.4, 0.5) is 5.69 Å². The Morgan fingerprint density at radius 2 is 2.00 bits per heavy atom. The summed E-state index contributed by atoms with van der Waals surface area (Å²) in [6, 6.07) is 9.22. The van der Waals surface area contributed by atoms with Crippen molar-refractivity contribution >= 4 is 41.0 Å². The molecular weight excluding hydrogens is 369 g/mol. The Hall–Kier alpha value is -2.64. The molecule has 1 N–H and O–H groups in total. The molecule has 0 bridgehead atoms. The van der Waals surface area contributed by atoms with E-state index in [1.165, 1.54) is 24.4 Å². The van der Waals surface area contributed by atoms with E-state index < -0.39 is 10.8 Å². The van der Waals surface area contributed by atoms with E-state index in [2.05, 4.69) is 10.5 Å². The summed E-state index contributed by atoms with van der Waals surface area (Å²) >= 11 is 11.6. The van der Waals surface area contributed by atoms with E-state index in [0.29, 0.717) is 16.3 Å². The number of aryl methyl sites for hydroxylation is 1. The van der Waals surface area contributed by atoms with Gasteiger partial charge in [-0.1, -0.05) is 29.3 Å². The number of carbonyl (C=O) groups is 1. The van der Waals surface area contributed by atoms with E-state index in [9.17, 15) is 14.9 Å². The summed E-state index contributed by atoms with van der Waals surface area (Å²) in [5.41, 5.74) is 3.29. The van der Waals surface area contributed by atoms with E-state index in [0.717, 1.165) is 5.56 Å². The molecule has 0 heterocycles. The number of nitro benzene ring substituents is 1. The molecule has 0 atom stereocenters. The smallest absolute Gasteiger partial charge is 0.288 e. The average molecular weight is 382 g/mol. The normalized spacial score (nSPS) is 10.7. The van der Waals surface area contributed by atoms with Gasteiger partial charge in [0.1, 0.15) is 10.8 Å². The first-order valence-electron chi connectivity index (χ1n) is 7.01. The fraction of sp³-hybridized carbons (Fsp3) is 0.125. The zero-order chi connectivity index (χ0) is 18.4. The summed E-state index contributed by atoms with van der Waals surface area (Å²) in [6.07, 6.45) is 1.27. The second-order valence-electron chi connectivity index (χ2n) is 4.96. The number of rotatable bonds is 6. The number of carbonyl (C=O) groups excluding carboxylic acids is 1. The first-order chi connectivity index (χ1) is 11.9. The Bertz CT molecular complexity index is 840. The maximum absolute atomic E-state index is 11.7. The van der Waals surface area contributed by atoms with Crippen LogP contribution in [0.15, 0.2) is 41.5 Å². The highest BCUT2D eigenvalue weighted by molar-refractivity contribution is 6.32. The molecule has 0 spiro atoms. The lowest BCUT2D eigenvalue weighted by Gasteiger charge is -2.06. The fourth-order valence-corrected chi connectivity index (χ4v) is 2.12. The molecule has 9 heteroatoms. The number of nitro groups is 1. The Balaban J connectivity index is 1.89. The zero-order valence-electron chi connectivity index (χ0n) is 13.0. The van der Waals surface area contributed by atoms with E-state index in [-0.39, 0.29) is 17.3 Å². The van der Waals surface area contributed by atoms with Gasteiger partial charge in [-0.15, -0.1) is 0 Å². The molecule has 25 heavy (non-hydrogen) atoms. The van der Waals surface area contributed by atoms with Crippen molar-refractivity contribution < 1.29 is 14.5 Å². The van der Waals surface area contributed by atoms with Crippen LogP contribution in [0.25, 0.3) is 0 Å². The Morgan fingerprint density at radius 3 is 2.68 bits per heavy atom. The van der Waals surface area contributed by atoms with Crippen molar-refractivity contribution in [3.05, 3.63) is 67.7 Å². The van der Waals surface area contributed by atoms with Crippen molar-refractivity contribution in [2.45, 2.75) is 6.92 Å². The second kappa shape index (κ2) is 8.46. The van der Waals surface area contributed by atoms with Crippen LogP contribution in [0, 0.1) is 17.0 Å². The molecule has 0 aliphatic heterocycles. The number of hydrogen-bond acceptors (Lipinski definition) is 5. The van der Waals surface area contributed by atoms with Crippen molar-refractivity contribution in [1.29, 1.82) is 0 Å². The lowest BCUT2D eigenvalue weighted by molar-refractivity contribution is -0.384. The number of ether oxygens (including phenoxy) is 1. The Kier molecular flexibility index (Phi) is 6.32. The minimum atomic E-state index is -0.597. The third-order valence-electron chi connectivity index (χ3n) is 3.07. The maximum atomic E-state index is 11.7. The van der Waals surface area contributed by atoms with Gasteiger partial charge in [-0.25, -0.2) is 5.43 Å². The van der Waals surface area contributed by atoms with Gasteiger partial charge in [-0.3, -0.25) is 14.9 Å². The van der Waals surface area contributed by atoms with Crippen LogP contribution in [0.5, 0.6) is 5.75 Å². The number of hydrogen-bond donors (Lipinski definition) is 1. The molecule has 0 aromatic heterocycles. The molecule has 0 radical (unpaired) electrons. The van der Waals surface area contributed by atoms with Gasteiger partial charge in [0.15, 0.2) is 6.61 Å². The Morgan fingerprint density at radius 1 is 1.28 bits per heavy atom. The lowest BCUT2D eigenvalue weighted by Crippen LogP contribution is -2.24. The molecular formula is C16H13Cl2N3O4. The monoisotopic (exact) mass is 381 g/mol. The van der Waals surface area contributed by atoms with E-state index in [1.54, 1.807) is 18.2 Å². The first-order valence-corrected chi connectivity index (χ1v) is 7.77. The van der Waals surface area contributed by atoms with Gasteiger partial charge in [0, 0.05) is 16.7 Å². The van der Waals surface area contributed by atoms with Gasteiger partial charge in [-0.2, -0.15) is 5.10 Å². The number of amides is 1. The maximum Gasteiger partial charge on any atom is 0.288 e. The standard InChI is InChI=1S/C16H13Cl2N3O4/c1-10-6-12(3-5-13(10)17)25-9-16(22)20-19-8-11-2-4-14(18)15(7-11)21(23)24/h2-8H,9H2,1H3,(H,20,22)/b19-8+. The molecule has 7 nitrogen and oxygen atoms in total. The lowest BCUT2D eigenvalue weighted by atomic mass is 10.2. The number of hydrazone groups is 1. The largest absolute Gasteiger partial charge is 0.484 e. The van der Waals surface area contributed by atoms with Gasteiger partial charge < -0.3 is 4.74 Å². The number of nitrogens with one attached hydrogen (secondary N) is 1. The average Bonchev–Trinajstić information content (AvgIpc) is 2.57. The SMILES string of the molecule is Cc1cc(OCC(=O)N/N=C/c2ccc(Cl)c([N+](=O)[O-])c2)ccc1Cl. The molecule has 0 saturated heterocycles. The summed E-state index contributed by atoms with van der Waals surface area (Å²) in [6.45, 7) is 1.59. The molecule has 0 aliphatic rings. The van der Waals surface area contributed by atoms with E-state index in [1.807, 2.05) is 6.92 Å². The summed E-state index contributed by atoms with van der Waals surface area (Å²) < 4.78 is 5.32. The minimum absolute atomic E-state index is 0.0258. The molecule has 0 saturated carbocycles. The molecule has 0 aliphatic carbocycles. The molecule has 0 unspecified atom stereocenters. The van der Waals surface area contributed by atoms with Crippen LogP contribution in [-0.4, -0.2) is 23.7 Å². The summed E-state index contributed by atoms with van der Waals surface area (Å²) in [5.74, 6) is 0.0293. The van der Waals surface area contributed by atoms with Gasteiger partial charge in [-0.05, 0) is 36.8 Å². The third-order valence-corrected chi connectivity index (χ3v) is 3.81. The van der Waals surface area contributed by atoms with Gasteiger partial charge in [0.25, 0.3) is 11.6 Å². The van der Waals surface area contributed by atoms with E-state index >= 15 is 0 Å². The van der Waals surface area contributed by atoms with Crippen molar-refractivity contribution in [3.63, 3.8) is 0 Å². The highest BCUT2D eigenvalue weighted by Gasteiger charge is 2.11. The number of benzene rings is 2. The van der Waals surface area contributed by atoms with Crippen molar-refractivity contribution in [1.82, 2.24) is 5.43 Å². The minimum Gasteiger partial charge on any atom is -0.484 e. The summed E-state index contributed by atoms with van der Waals surface area (Å²) in [7, 11) is 0. The van der Waals surface area contributed by atoms with Crippen LogP contribution in [0.2, 0.25) is 10.0 Å². The predicted molar refractivity (Wildman–Crippen MR) is 95.5 cm³/mol. The van der Waals surface area contributed by atoms with Crippen LogP contribution in [0.1, 0.15) is 11.1 Å². The number of nitrogens with zero attached hydrogens (tertiary/aromatic N) is 2. The van der Waals surface area contributed by atoms with Gasteiger partial charge in [0.05, 0.1) is 11.1 Å². The van der Waals surface area contributed by atoms with E-state index in [4.69, 9.17) is 27.9 Å². The van der Waals surface area contributed by atoms with Crippen molar-refractivity contribution in [2.75, 3.05) is 6.61 Å². The molecule has 0 fully saturated rings. The summed E-state index contributed by atoms with van der Waals surface area (Å²) in [5, 5.41) is 15.2. The Labute approximate surface area is 153 Å². The first kappa shape index (κ1) is 18.7. The van der Waals surface area contributed by atoms with Crippen LogP contribution in [-0.2, 0) is 4.79 Å². The van der Waals surface area contributed by atoms with Crippen molar-refractivity contribution in [3.8, 4) is 5.75 Å². The predicted octanol–water partition coefficient (Wildman–Crippen LogP) is 3.74. The van der Waals surface area contributed by atoms with Crippen LogP contribution in [0.3, 0.4) is 0 Å². The molecule has 2 aromatic carbocycles. The van der Waals surface area contributed by atoms with Crippen molar-refractivity contribution in [2.24, 2.45) is 5.10 Å². The topological polar surface area (TPSA) is 93.8 Å². The molecule has 2 aromatic rings. The molecule has 1 amide bonds. The quantitative estimate of drug-likeness (QED) is 0.468. The van der Waals surface area contributed by atoms with Gasteiger partial charge >= 0.3 is 0 Å². The molecule has 130 valence electrons. The van der Waals surface area contributed by atoms with Crippen LogP contribution >= 0.6 is 23.2 Å². The van der Waals surface area contributed by atoms with Gasteiger partial charge in [0.2, 0.25) is 0 Å².